The molecule has 3 aromatic rings. The molecule has 2 N–H and O–H groups in total. The van der Waals surface area contributed by atoms with Crippen LogP contribution in [-0.2, 0) is 14.8 Å². The highest BCUT2D eigenvalue weighted by molar-refractivity contribution is 7.92. The van der Waals surface area contributed by atoms with Gasteiger partial charge in [0.05, 0.1) is 23.8 Å². The number of hydrazine groups is 1. The van der Waals surface area contributed by atoms with Crippen LogP contribution in [0.1, 0.15) is 6.42 Å². The van der Waals surface area contributed by atoms with E-state index in [2.05, 4.69) is 25.6 Å². The van der Waals surface area contributed by atoms with Gasteiger partial charge in [-0.15, -0.1) is 0 Å². The van der Waals surface area contributed by atoms with E-state index in [1.165, 1.54) is 0 Å². The Hall–Kier alpha value is -3.21. The van der Waals surface area contributed by atoms with Crippen molar-refractivity contribution in [2.75, 3.05) is 54.5 Å². The van der Waals surface area contributed by atoms with Gasteiger partial charge in [-0.05, 0) is 43.3 Å². The van der Waals surface area contributed by atoms with Crippen LogP contribution < -0.4 is 15.2 Å². The molecule has 9 nitrogen and oxygen atoms in total. The van der Waals surface area contributed by atoms with E-state index in [-0.39, 0.29) is 10.8 Å². The van der Waals surface area contributed by atoms with Gasteiger partial charge in [0, 0.05) is 25.8 Å². The molecule has 4 rings (SSSR count). The van der Waals surface area contributed by atoms with E-state index in [9.17, 15) is 8.42 Å². The molecular formula is C23H28N6O3S. The summed E-state index contributed by atoms with van der Waals surface area (Å²) in [4.78, 5) is 11.2. The van der Waals surface area contributed by atoms with Gasteiger partial charge in [-0.2, -0.15) is 17.8 Å². The normalized spacial score (nSPS) is 14.5. The molecule has 0 spiro atoms. The highest BCUT2D eigenvalue weighted by atomic mass is 32.2. The lowest BCUT2D eigenvalue weighted by atomic mass is 10.3. The van der Waals surface area contributed by atoms with Gasteiger partial charge >= 0.3 is 0 Å². The topological polar surface area (TPSA) is 99.7 Å². The number of aromatic nitrogens is 2. The molecule has 1 aliphatic heterocycles. The largest absolute Gasteiger partial charge is 0.379 e. The number of morpholine rings is 1. The molecule has 10 heteroatoms. The average Bonchev–Trinajstić information content (AvgIpc) is 2.87. The Morgan fingerprint density at radius 2 is 1.67 bits per heavy atom. The fourth-order valence-corrected chi connectivity index (χ4v) is 4.78. The molecule has 0 amide bonds. The van der Waals surface area contributed by atoms with E-state index in [0.29, 0.717) is 11.5 Å². The van der Waals surface area contributed by atoms with Gasteiger partial charge in [0.1, 0.15) is 5.82 Å². The van der Waals surface area contributed by atoms with Crippen molar-refractivity contribution in [2.24, 2.45) is 0 Å². The van der Waals surface area contributed by atoms with Gasteiger partial charge in [0.15, 0.2) is 0 Å². The quantitative estimate of drug-likeness (QED) is 0.346. The van der Waals surface area contributed by atoms with Crippen molar-refractivity contribution >= 4 is 27.5 Å². The molecule has 1 aromatic heterocycles. The van der Waals surface area contributed by atoms with E-state index in [4.69, 9.17) is 4.74 Å². The Morgan fingerprint density at radius 1 is 0.970 bits per heavy atom. The zero-order valence-electron chi connectivity index (χ0n) is 18.3. The Balaban J connectivity index is 1.45. The summed E-state index contributed by atoms with van der Waals surface area (Å²) in [5, 5.41) is 3.29. The predicted molar refractivity (Wildman–Crippen MR) is 129 cm³/mol. The summed E-state index contributed by atoms with van der Waals surface area (Å²) in [5.74, 6) is 0.802. The molecule has 33 heavy (non-hydrogen) atoms. The third-order valence-corrected chi connectivity index (χ3v) is 6.84. The van der Waals surface area contributed by atoms with Crippen LogP contribution in [-0.4, -0.2) is 62.7 Å². The first-order valence-electron chi connectivity index (χ1n) is 10.9. The van der Waals surface area contributed by atoms with Gasteiger partial charge in [0.2, 0.25) is 5.95 Å². The number of sulfonamides is 1. The Labute approximate surface area is 194 Å². The number of hydrogen-bond donors (Lipinski definition) is 2. The minimum atomic E-state index is -3.89. The van der Waals surface area contributed by atoms with Crippen LogP contribution in [0.15, 0.2) is 77.8 Å². The summed E-state index contributed by atoms with van der Waals surface area (Å²) in [6, 6.07) is 18.8. The Bertz CT molecular complexity index is 1110. The van der Waals surface area contributed by atoms with Crippen molar-refractivity contribution in [1.29, 1.82) is 0 Å². The van der Waals surface area contributed by atoms with E-state index < -0.39 is 10.0 Å². The highest BCUT2D eigenvalue weighted by Gasteiger charge is 2.26. The van der Waals surface area contributed by atoms with Crippen molar-refractivity contribution in [2.45, 2.75) is 11.3 Å². The number of benzene rings is 2. The number of nitrogens with one attached hydrogen (secondary N) is 2. The minimum Gasteiger partial charge on any atom is -0.379 e. The number of ether oxygens (including phenoxy) is 1. The molecule has 0 unspecified atom stereocenters. The predicted octanol–water partition coefficient (Wildman–Crippen LogP) is 2.83. The van der Waals surface area contributed by atoms with Crippen LogP contribution in [0.3, 0.4) is 0 Å². The first-order valence-corrected chi connectivity index (χ1v) is 12.4. The van der Waals surface area contributed by atoms with Crippen molar-refractivity contribution in [3.05, 3.63) is 72.9 Å². The van der Waals surface area contributed by atoms with Crippen molar-refractivity contribution in [3.63, 3.8) is 0 Å². The second kappa shape index (κ2) is 11.1. The second-order valence-corrected chi connectivity index (χ2v) is 9.32. The van der Waals surface area contributed by atoms with Crippen molar-refractivity contribution in [3.8, 4) is 0 Å². The molecule has 0 saturated carbocycles. The van der Waals surface area contributed by atoms with E-state index in [1.807, 2.05) is 6.07 Å². The third kappa shape index (κ3) is 6.19. The summed E-state index contributed by atoms with van der Waals surface area (Å²) in [5.41, 5.74) is 3.33. The van der Waals surface area contributed by atoms with Crippen LogP contribution in [0.5, 0.6) is 0 Å². The maximum atomic E-state index is 13.4. The second-order valence-electron chi connectivity index (χ2n) is 7.53. The lowest BCUT2D eigenvalue weighted by Crippen LogP contribution is -2.37. The zero-order chi connectivity index (χ0) is 22.9. The number of anilines is 3. The molecule has 2 aromatic carbocycles. The van der Waals surface area contributed by atoms with Gasteiger partial charge in [-0.1, -0.05) is 36.4 Å². The van der Waals surface area contributed by atoms with Gasteiger partial charge in [-0.3, -0.25) is 10.3 Å². The van der Waals surface area contributed by atoms with Crippen LogP contribution in [0.4, 0.5) is 17.5 Å². The highest BCUT2D eigenvalue weighted by Crippen LogP contribution is 2.23. The number of nitrogens with zero attached hydrogens (tertiary/aromatic N) is 4. The van der Waals surface area contributed by atoms with Crippen LogP contribution >= 0.6 is 0 Å². The molecule has 0 radical (unpaired) electrons. The molecule has 0 atom stereocenters. The maximum absolute atomic E-state index is 13.4. The Kier molecular flexibility index (Phi) is 7.71. The average molecular weight is 469 g/mol. The maximum Gasteiger partial charge on any atom is 0.281 e. The van der Waals surface area contributed by atoms with E-state index in [0.717, 1.165) is 50.2 Å². The summed E-state index contributed by atoms with van der Waals surface area (Å²) in [6.45, 7) is 5.25. The van der Waals surface area contributed by atoms with Crippen LogP contribution in [0.2, 0.25) is 0 Å². The molecule has 2 heterocycles. The van der Waals surface area contributed by atoms with Crippen molar-refractivity contribution in [1.82, 2.24) is 14.9 Å². The molecule has 0 aliphatic carbocycles. The summed E-state index contributed by atoms with van der Waals surface area (Å²) in [6.07, 6.45) is 2.56. The Morgan fingerprint density at radius 3 is 2.39 bits per heavy atom. The van der Waals surface area contributed by atoms with E-state index >= 15 is 0 Å². The first-order chi connectivity index (χ1) is 16.1. The number of hydrogen-bond acceptors (Lipinski definition) is 8. The smallest absolute Gasteiger partial charge is 0.281 e. The number of para-hydroxylation sites is 1. The first kappa shape index (κ1) is 23.0. The van der Waals surface area contributed by atoms with E-state index in [1.54, 1.807) is 66.9 Å². The summed E-state index contributed by atoms with van der Waals surface area (Å²) >= 11 is 0. The number of rotatable bonds is 10. The molecule has 1 fully saturated rings. The van der Waals surface area contributed by atoms with Crippen molar-refractivity contribution < 1.29 is 13.2 Å². The molecule has 174 valence electrons. The third-order valence-electron chi connectivity index (χ3n) is 5.19. The lowest BCUT2D eigenvalue weighted by Gasteiger charge is -2.26. The van der Waals surface area contributed by atoms with Gasteiger partial charge in [0.25, 0.3) is 10.0 Å². The molecule has 1 saturated heterocycles. The lowest BCUT2D eigenvalue weighted by molar-refractivity contribution is 0.0378. The fourth-order valence-electron chi connectivity index (χ4n) is 3.47. The molecule has 0 bridgehead atoms. The fraction of sp³-hybridized carbons (Fsp3) is 0.304. The van der Waals surface area contributed by atoms with Crippen LogP contribution in [0, 0.1) is 0 Å². The molecule has 1 aliphatic rings. The zero-order valence-corrected chi connectivity index (χ0v) is 19.1. The monoisotopic (exact) mass is 468 g/mol. The molecular weight excluding hydrogens is 440 g/mol. The van der Waals surface area contributed by atoms with Crippen LogP contribution in [0.25, 0.3) is 0 Å². The van der Waals surface area contributed by atoms with Gasteiger partial charge < -0.3 is 10.1 Å². The SMILES string of the molecule is O=S(=O)(c1ccccc1)N(Nc1nccc(NCCCN2CCOCC2)n1)c1ccccc1. The van der Waals surface area contributed by atoms with Gasteiger partial charge in [-0.25, -0.2) is 4.98 Å². The standard InChI is InChI=1S/C23H28N6O3S/c30-33(31,21-10-5-2-6-11-21)29(20-8-3-1-4-9-20)27-23-25-14-12-22(26-23)24-13-7-15-28-16-18-32-19-17-28/h1-6,8-12,14H,7,13,15-19H2,(H2,24,25,26,27). The summed E-state index contributed by atoms with van der Waals surface area (Å²) in [7, 11) is -3.89. The summed E-state index contributed by atoms with van der Waals surface area (Å²) < 4.78 is 33.2. The minimum absolute atomic E-state index is 0.166.